The van der Waals surface area contributed by atoms with Crippen LogP contribution in [0.1, 0.15) is 0 Å². The van der Waals surface area contributed by atoms with E-state index in [1.165, 1.54) is 48.1 Å². The summed E-state index contributed by atoms with van der Waals surface area (Å²) in [5.41, 5.74) is 9.02. The van der Waals surface area contributed by atoms with Gasteiger partial charge in [0.1, 0.15) is 11.2 Å². The number of fused-ring (bicyclic) bond motifs is 11. The van der Waals surface area contributed by atoms with E-state index in [0.29, 0.717) is 5.82 Å². The number of aromatic nitrogens is 3. The number of hydrogen-bond donors (Lipinski definition) is 0. The summed E-state index contributed by atoms with van der Waals surface area (Å²) in [5.74, 6) is 0.686. The molecule has 0 amide bonds. The first-order valence-electron chi connectivity index (χ1n) is 17.8. The minimum Gasteiger partial charge on any atom is -0.456 e. The van der Waals surface area contributed by atoms with E-state index >= 15 is 0 Å². The van der Waals surface area contributed by atoms with Crippen LogP contribution >= 0.6 is 11.3 Å². The van der Waals surface area contributed by atoms with E-state index in [0.717, 1.165) is 60.0 Å². The Hall–Kier alpha value is -6.82. The number of hydrogen-bond acceptors (Lipinski definition) is 4. The van der Waals surface area contributed by atoms with Crippen molar-refractivity contribution in [2.45, 2.75) is 0 Å². The molecule has 53 heavy (non-hydrogen) atoms. The molecule has 4 nitrogen and oxygen atoms in total. The zero-order valence-electron chi connectivity index (χ0n) is 28.2. The van der Waals surface area contributed by atoms with E-state index in [1.54, 1.807) is 11.3 Å². The molecule has 246 valence electrons. The third-order valence-electron chi connectivity index (χ3n) is 10.8. The summed E-state index contributed by atoms with van der Waals surface area (Å²) in [7, 11) is 0. The van der Waals surface area contributed by atoms with E-state index < -0.39 is 0 Å². The number of rotatable bonds is 3. The van der Waals surface area contributed by atoms with Crippen LogP contribution < -0.4 is 0 Å². The smallest absolute Gasteiger partial charge is 0.161 e. The average Bonchev–Trinajstić information content (AvgIpc) is 3.88. The van der Waals surface area contributed by atoms with Crippen LogP contribution in [0.5, 0.6) is 0 Å². The second-order valence-corrected chi connectivity index (χ2v) is 14.8. The molecule has 0 N–H and O–H groups in total. The van der Waals surface area contributed by atoms with Gasteiger partial charge < -0.3 is 8.98 Å². The third-order valence-corrected chi connectivity index (χ3v) is 11.9. The zero-order valence-corrected chi connectivity index (χ0v) is 29.1. The van der Waals surface area contributed by atoms with Crippen LogP contribution in [-0.2, 0) is 0 Å². The summed E-state index contributed by atoms with van der Waals surface area (Å²) in [6.45, 7) is 0. The van der Waals surface area contributed by atoms with Crippen LogP contribution in [0, 0.1) is 0 Å². The van der Waals surface area contributed by atoms with Gasteiger partial charge in [0.05, 0.1) is 26.9 Å². The Labute approximate surface area is 306 Å². The third kappa shape index (κ3) is 4.23. The van der Waals surface area contributed by atoms with E-state index in [4.69, 9.17) is 14.4 Å². The van der Waals surface area contributed by atoms with Gasteiger partial charge in [-0.1, -0.05) is 109 Å². The van der Waals surface area contributed by atoms with Gasteiger partial charge in [0.2, 0.25) is 0 Å². The van der Waals surface area contributed by atoms with Crippen LogP contribution in [-0.4, -0.2) is 14.5 Å². The lowest BCUT2D eigenvalue weighted by Crippen LogP contribution is -1.95. The second kappa shape index (κ2) is 10.8. The molecule has 0 saturated carbocycles. The van der Waals surface area contributed by atoms with Crippen molar-refractivity contribution in [1.29, 1.82) is 0 Å². The first-order chi connectivity index (χ1) is 26.2. The summed E-state index contributed by atoms with van der Waals surface area (Å²) < 4.78 is 11.2. The molecule has 0 aliphatic rings. The predicted octanol–water partition coefficient (Wildman–Crippen LogP) is 13.5. The topological polar surface area (TPSA) is 43.9 Å². The van der Waals surface area contributed by atoms with Crippen LogP contribution in [0.15, 0.2) is 168 Å². The molecule has 0 saturated heterocycles. The first kappa shape index (κ1) is 28.8. The number of para-hydroxylation sites is 1. The van der Waals surface area contributed by atoms with Crippen LogP contribution in [0.4, 0.5) is 0 Å². The molecule has 0 aliphatic heterocycles. The fraction of sp³-hybridized carbons (Fsp3) is 0. The highest BCUT2D eigenvalue weighted by Crippen LogP contribution is 2.43. The minimum absolute atomic E-state index is 0.686. The van der Waals surface area contributed by atoms with Crippen molar-refractivity contribution in [3.8, 4) is 28.3 Å². The van der Waals surface area contributed by atoms with Gasteiger partial charge in [0, 0.05) is 48.4 Å². The number of benzene rings is 8. The molecular weight excluding hydrogens is 667 g/mol. The highest BCUT2D eigenvalue weighted by atomic mass is 32.1. The molecule has 0 aliphatic carbocycles. The van der Waals surface area contributed by atoms with Crippen molar-refractivity contribution in [3.05, 3.63) is 164 Å². The number of furan rings is 1. The molecule has 0 spiro atoms. The fourth-order valence-corrected chi connectivity index (χ4v) is 9.47. The van der Waals surface area contributed by atoms with Gasteiger partial charge in [0.25, 0.3) is 0 Å². The summed E-state index contributed by atoms with van der Waals surface area (Å²) in [5, 5.41) is 10.5. The maximum Gasteiger partial charge on any atom is 0.161 e. The highest BCUT2D eigenvalue weighted by molar-refractivity contribution is 7.26. The lowest BCUT2D eigenvalue weighted by Gasteiger charge is -2.10. The molecule has 0 fully saturated rings. The normalized spacial score (nSPS) is 12.2. The molecule has 12 rings (SSSR count). The van der Waals surface area contributed by atoms with Crippen molar-refractivity contribution in [1.82, 2.24) is 14.5 Å². The molecule has 8 aromatic carbocycles. The van der Waals surface area contributed by atoms with Crippen LogP contribution in [0.25, 0.3) is 114 Å². The second-order valence-electron chi connectivity index (χ2n) is 13.8. The monoisotopic (exact) mass is 693 g/mol. The molecule has 0 atom stereocenters. The van der Waals surface area contributed by atoms with Crippen LogP contribution in [0.2, 0.25) is 0 Å². The van der Waals surface area contributed by atoms with Crippen molar-refractivity contribution < 1.29 is 4.42 Å². The standard InChI is InChI=1S/C48H27N3OS/c1-2-11-29-24-32(21-20-28(29)10-1)45-47-46(35-15-6-8-19-43(35)53-47)50-48(49-45)36-16-9-18-42-44(36)38-27-33(22-23-41(38)52-42)51-39-17-7-5-14-34(39)37-25-30-12-3-4-13-31(30)26-40(37)51/h1-27H. The van der Waals surface area contributed by atoms with Crippen molar-refractivity contribution in [2.24, 2.45) is 0 Å². The predicted molar refractivity (Wildman–Crippen MR) is 222 cm³/mol. The Bertz CT molecular complexity index is 3480. The summed E-state index contributed by atoms with van der Waals surface area (Å²) >= 11 is 1.76. The van der Waals surface area contributed by atoms with Crippen molar-refractivity contribution in [2.75, 3.05) is 0 Å². The van der Waals surface area contributed by atoms with Crippen molar-refractivity contribution in [3.63, 3.8) is 0 Å². The summed E-state index contributed by atoms with van der Waals surface area (Å²) in [6.07, 6.45) is 0. The van der Waals surface area contributed by atoms with E-state index in [-0.39, 0.29) is 0 Å². The molecule has 12 aromatic rings. The highest BCUT2D eigenvalue weighted by Gasteiger charge is 2.21. The molecule has 0 radical (unpaired) electrons. The Morgan fingerprint density at radius 1 is 0.491 bits per heavy atom. The maximum atomic E-state index is 6.56. The van der Waals surface area contributed by atoms with Crippen molar-refractivity contribution >= 4 is 96.9 Å². The van der Waals surface area contributed by atoms with Gasteiger partial charge in [-0.3, -0.25) is 0 Å². The summed E-state index contributed by atoms with van der Waals surface area (Å²) in [6, 6.07) is 58.3. The van der Waals surface area contributed by atoms with E-state index in [1.807, 2.05) is 12.1 Å². The lowest BCUT2D eigenvalue weighted by atomic mass is 10.0. The molecular formula is C48H27N3OS. The van der Waals surface area contributed by atoms with Gasteiger partial charge in [-0.15, -0.1) is 11.3 Å². The van der Waals surface area contributed by atoms with Crippen LogP contribution in [0.3, 0.4) is 0 Å². The van der Waals surface area contributed by atoms with E-state index in [2.05, 4.69) is 156 Å². The Morgan fingerprint density at radius 2 is 1.25 bits per heavy atom. The molecule has 0 bridgehead atoms. The minimum atomic E-state index is 0.686. The largest absolute Gasteiger partial charge is 0.456 e. The summed E-state index contributed by atoms with van der Waals surface area (Å²) in [4.78, 5) is 10.8. The van der Waals surface area contributed by atoms with Gasteiger partial charge in [-0.25, -0.2) is 9.97 Å². The van der Waals surface area contributed by atoms with Gasteiger partial charge >= 0.3 is 0 Å². The molecule has 0 unspecified atom stereocenters. The Kier molecular flexibility index (Phi) is 5.90. The molecule has 4 heterocycles. The molecule has 5 heteroatoms. The molecule has 4 aromatic heterocycles. The number of nitrogens with zero attached hydrogens (tertiary/aromatic N) is 3. The number of thiophene rings is 1. The Morgan fingerprint density at radius 3 is 2.13 bits per heavy atom. The quantitative estimate of drug-likeness (QED) is 0.185. The Balaban J connectivity index is 1.13. The van der Waals surface area contributed by atoms with Gasteiger partial charge in [0.15, 0.2) is 5.82 Å². The average molecular weight is 694 g/mol. The van der Waals surface area contributed by atoms with E-state index in [9.17, 15) is 0 Å². The van der Waals surface area contributed by atoms with Gasteiger partial charge in [-0.2, -0.15) is 0 Å². The lowest BCUT2D eigenvalue weighted by molar-refractivity contribution is 0.669. The van der Waals surface area contributed by atoms with Gasteiger partial charge in [-0.05, 0) is 76.1 Å². The first-order valence-corrected chi connectivity index (χ1v) is 18.6. The fourth-order valence-electron chi connectivity index (χ4n) is 8.32. The maximum absolute atomic E-state index is 6.56. The SMILES string of the molecule is c1ccc2cc(-c3nc(-c4cccc5oc6ccc(-n7c8ccccc8c8cc9ccccc9cc87)cc6c45)nc4c3sc3ccccc34)ccc2c1. The zero-order chi connectivity index (χ0) is 34.6.